The van der Waals surface area contributed by atoms with Crippen LogP contribution < -0.4 is 0 Å². The first-order valence-corrected chi connectivity index (χ1v) is 5.28. The second kappa shape index (κ2) is 4.18. The molecular weight excluding hydrogens is 246 g/mol. The summed E-state index contributed by atoms with van der Waals surface area (Å²) in [4.78, 5) is 37.2. The molecule has 1 aliphatic carbocycles. The van der Waals surface area contributed by atoms with Gasteiger partial charge in [0, 0.05) is 6.08 Å². The summed E-state index contributed by atoms with van der Waals surface area (Å²) in [6.07, 6.45) is 1.03. The summed E-state index contributed by atoms with van der Waals surface area (Å²) in [6, 6.07) is 1.28. The number of hydrogen-bond donors (Lipinski definition) is 1. The molecule has 0 aliphatic heterocycles. The molecule has 6 heteroatoms. The highest BCUT2D eigenvalue weighted by Gasteiger charge is 2.28. The second-order valence-electron chi connectivity index (χ2n) is 3.38. The molecule has 0 fully saturated rings. The number of allylic oxidation sites excluding steroid dienone is 2. The van der Waals surface area contributed by atoms with Gasteiger partial charge in [-0.1, -0.05) is 11.6 Å². The van der Waals surface area contributed by atoms with E-state index in [4.69, 9.17) is 16.3 Å². The lowest BCUT2D eigenvalue weighted by Gasteiger charge is -2.04. The number of Topliss-reactive ketones (excluding diaryl/α,β-unsaturated/α-hetero) is 1. The minimum absolute atomic E-state index is 0.0679. The summed E-state index contributed by atoms with van der Waals surface area (Å²) >= 11 is 5.60. The summed E-state index contributed by atoms with van der Waals surface area (Å²) < 4.78 is 4.76. The van der Waals surface area contributed by atoms with Gasteiger partial charge in [-0.05, 0) is 13.0 Å². The van der Waals surface area contributed by atoms with Crippen LogP contribution in [0.2, 0.25) is 0 Å². The zero-order valence-corrected chi connectivity index (χ0v) is 9.63. The van der Waals surface area contributed by atoms with Gasteiger partial charge in [-0.15, -0.1) is 0 Å². The molecule has 1 heterocycles. The second-order valence-corrected chi connectivity index (χ2v) is 3.79. The molecule has 0 aromatic carbocycles. The van der Waals surface area contributed by atoms with E-state index < -0.39 is 17.5 Å². The van der Waals surface area contributed by atoms with Gasteiger partial charge in [-0.2, -0.15) is 0 Å². The number of ether oxygens (including phenoxy) is 1. The van der Waals surface area contributed by atoms with E-state index in [0.29, 0.717) is 0 Å². The number of H-pyrrole nitrogens is 1. The van der Waals surface area contributed by atoms with Gasteiger partial charge < -0.3 is 9.72 Å². The van der Waals surface area contributed by atoms with Crippen molar-refractivity contribution in [3.8, 4) is 0 Å². The van der Waals surface area contributed by atoms with Crippen LogP contribution >= 0.6 is 11.6 Å². The van der Waals surface area contributed by atoms with Crippen LogP contribution in [0, 0.1) is 0 Å². The van der Waals surface area contributed by atoms with Crippen LogP contribution in [0.15, 0.2) is 17.2 Å². The Morgan fingerprint density at radius 2 is 2.18 bits per heavy atom. The Bertz CT molecular complexity index is 556. The van der Waals surface area contributed by atoms with Crippen LogP contribution in [0.25, 0.3) is 0 Å². The predicted octanol–water partition coefficient (Wildman–Crippen LogP) is 1.69. The van der Waals surface area contributed by atoms with Crippen LogP contribution in [0.5, 0.6) is 0 Å². The molecule has 0 unspecified atom stereocenters. The molecule has 0 radical (unpaired) electrons. The van der Waals surface area contributed by atoms with Crippen molar-refractivity contribution in [3.05, 3.63) is 34.1 Å². The molecule has 0 saturated heterocycles. The van der Waals surface area contributed by atoms with Crippen molar-refractivity contribution in [3.63, 3.8) is 0 Å². The number of nitrogens with one attached hydrogen (secondary N) is 1. The molecule has 1 aromatic heterocycles. The molecule has 1 N–H and O–H groups in total. The molecule has 0 atom stereocenters. The number of ketones is 2. The van der Waals surface area contributed by atoms with E-state index in [1.807, 2.05) is 0 Å². The van der Waals surface area contributed by atoms with Crippen molar-refractivity contribution in [1.29, 1.82) is 0 Å². The zero-order valence-electron chi connectivity index (χ0n) is 8.87. The molecular formula is C11H8ClNO4. The van der Waals surface area contributed by atoms with Crippen molar-refractivity contribution in [2.75, 3.05) is 6.61 Å². The van der Waals surface area contributed by atoms with Crippen molar-refractivity contribution >= 4 is 29.1 Å². The van der Waals surface area contributed by atoms with Crippen LogP contribution in [0.4, 0.5) is 0 Å². The third-order valence-corrected chi connectivity index (χ3v) is 2.56. The van der Waals surface area contributed by atoms with E-state index in [2.05, 4.69) is 4.98 Å². The van der Waals surface area contributed by atoms with Crippen LogP contribution in [0.1, 0.15) is 38.3 Å². The Labute approximate surface area is 101 Å². The van der Waals surface area contributed by atoms with E-state index in [0.717, 1.165) is 6.08 Å². The fraction of sp³-hybridized carbons (Fsp3) is 0.182. The number of fused-ring (bicyclic) bond motifs is 1. The molecule has 0 bridgehead atoms. The van der Waals surface area contributed by atoms with Gasteiger partial charge in [0.1, 0.15) is 5.69 Å². The van der Waals surface area contributed by atoms with Crippen LogP contribution in [0.3, 0.4) is 0 Å². The molecule has 1 aliphatic rings. The first-order valence-electron chi connectivity index (χ1n) is 4.91. The maximum Gasteiger partial charge on any atom is 0.354 e. The Balaban J connectivity index is 2.44. The fourth-order valence-electron chi connectivity index (χ4n) is 1.53. The highest BCUT2D eigenvalue weighted by Crippen LogP contribution is 2.24. The minimum atomic E-state index is -0.612. The van der Waals surface area contributed by atoms with E-state index in [9.17, 15) is 14.4 Å². The van der Waals surface area contributed by atoms with Gasteiger partial charge in [0.2, 0.25) is 11.6 Å². The molecule has 5 nitrogen and oxygen atoms in total. The van der Waals surface area contributed by atoms with E-state index in [-0.39, 0.29) is 28.6 Å². The van der Waals surface area contributed by atoms with E-state index in [1.54, 1.807) is 6.92 Å². The van der Waals surface area contributed by atoms with E-state index in [1.165, 1.54) is 6.07 Å². The van der Waals surface area contributed by atoms with Crippen LogP contribution in [-0.4, -0.2) is 29.1 Å². The summed E-state index contributed by atoms with van der Waals surface area (Å²) in [6.45, 7) is 1.87. The zero-order chi connectivity index (χ0) is 12.6. The first-order chi connectivity index (χ1) is 8.04. The number of rotatable bonds is 2. The molecule has 0 saturated carbocycles. The minimum Gasteiger partial charge on any atom is -0.461 e. The van der Waals surface area contributed by atoms with Crippen molar-refractivity contribution in [2.24, 2.45) is 0 Å². The Morgan fingerprint density at radius 1 is 1.47 bits per heavy atom. The number of carbonyl (C=O) groups is 3. The largest absolute Gasteiger partial charge is 0.461 e. The number of aromatic nitrogens is 1. The molecule has 88 valence electrons. The summed E-state index contributed by atoms with van der Waals surface area (Å²) in [7, 11) is 0. The Kier molecular flexibility index (Phi) is 2.85. The molecule has 0 amide bonds. The number of aromatic amines is 1. The molecule has 2 rings (SSSR count). The summed E-state index contributed by atoms with van der Waals surface area (Å²) in [5.41, 5.74) is 0.242. The normalized spacial score (nSPS) is 14.4. The maximum absolute atomic E-state index is 11.6. The first kappa shape index (κ1) is 11.6. The smallest absolute Gasteiger partial charge is 0.354 e. The monoisotopic (exact) mass is 253 g/mol. The van der Waals surface area contributed by atoms with Crippen molar-refractivity contribution in [2.45, 2.75) is 6.92 Å². The standard InChI is InChI=1S/C11H8ClNO4/c1-2-17-11(16)7-3-5-9(13-7)8(14)4-6(12)10(5)15/h3-4,13H,2H2,1H3. The number of halogens is 1. The van der Waals surface area contributed by atoms with Gasteiger partial charge >= 0.3 is 5.97 Å². The highest BCUT2D eigenvalue weighted by molar-refractivity contribution is 6.49. The highest BCUT2D eigenvalue weighted by atomic mass is 35.5. The quantitative estimate of drug-likeness (QED) is 0.814. The van der Waals surface area contributed by atoms with Crippen molar-refractivity contribution < 1.29 is 19.1 Å². The van der Waals surface area contributed by atoms with Gasteiger partial charge in [-0.3, -0.25) is 9.59 Å². The predicted molar refractivity (Wildman–Crippen MR) is 59.3 cm³/mol. The average Bonchev–Trinajstić information content (AvgIpc) is 2.72. The SMILES string of the molecule is CCOC(=O)c1cc2c([nH]1)C(=O)C=C(Cl)C2=O. The molecule has 0 spiro atoms. The Morgan fingerprint density at radius 3 is 2.82 bits per heavy atom. The van der Waals surface area contributed by atoms with Crippen molar-refractivity contribution in [1.82, 2.24) is 4.98 Å². The molecule has 17 heavy (non-hydrogen) atoms. The van der Waals surface area contributed by atoms with Gasteiger partial charge in [-0.25, -0.2) is 4.79 Å². The fourth-order valence-corrected chi connectivity index (χ4v) is 1.73. The summed E-state index contributed by atoms with van der Waals surface area (Å²) in [5.74, 6) is -1.52. The van der Waals surface area contributed by atoms with Gasteiger partial charge in [0.15, 0.2) is 0 Å². The van der Waals surface area contributed by atoms with Crippen LogP contribution in [-0.2, 0) is 4.74 Å². The topological polar surface area (TPSA) is 76.2 Å². The molecule has 1 aromatic rings. The lowest BCUT2D eigenvalue weighted by atomic mass is 10.0. The Hall–Kier alpha value is -1.88. The van der Waals surface area contributed by atoms with E-state index >= 15 is 0 Å². The third-order valence-electron chi connectivity index (χ3n) is 2.28. The third kappa shape index (κ3) is 1.89. The number of hydrogen-bond acceptors (Lipinski definition) is 4. The number of esters is 1. The summed E-state index contributed by atoms with van der Waals surface area (Å²) in [5, 5.41) is -0.156. The van der Waals surface area contributed by atoms with Gasteiger partial charge in [0.25, 0.3) is 0 Å². The van der Waals surface area contributed by atoms with Gasteiger partial charge in [0.05, 0.1) is 22.9 Å². The lowest BCUT2D eigenvalue weighted by Crippen LogP contribution is -2.13. The maximum atomic E-state index is 11.6. The lowest BCUT2D eigenvalue weighted by molar-refractivity contribution is 0.0520. The number of carbonyl (C=O) groups excluding carboxylic acids is 3. The average molecular weight is 254 g/mol.